The highest BCUT2D eigenvalue weighted by Gasteiger charge is 2.57. The standard InChI is InChI=1S/C17H14ClIN2/c1-10-20-15(11-4-8-14(19)9-5-11)17-16(21(10)17)12-2-6-13(18)7-3-12/h2-10,16-17H,1H3/t10-,16-,17+,21?/m1/s1. The summed E-state index contributed by atoms with van der Waals surface area (Å²) in [4.78, 5) is 7.28. The minimum Gasteiger partial charge on any atom is -0.269 e. The van der Waals surface area contributed by atoms with Crippen LogP contribution < -0.4 is 0 Å². The van der Waals surface area contributed by atoms with E-state index >= 15 is 0 Å². The zero-order chi connectivity index (χ0) is 14.6. The summed E-state index contributed by atoms with van der Waals surface area (Å²) >= 11 is 8.32. The lowest BCUT2D eigenvalue weighted by molar-refractivity contribution is 0.419. The maximum atomic E-state index is 5.99. The summed E-state index contributed by atoms with van der Waals surface area (Å²) in [6.07, 6.45) is 0.255. The molecule has 0 amide bonds. The number of rotatable bonds is 2. The Hall–Kier alpha value is -0.910. The van der Waals surface area contributed by atoms with E-state index in [0.29, 0.717) is 12.1 Å². The molecule has 2 aromatic rings. The number of halogens is 2. The van der Waals surface area contributed by atoms with Gasteiger partial charge in [-0.3, -0.25) is 9.89 Å². The molecule has 1 fully saturated rings. The van der Waals surface area contributed by atoms with E-state index in [1.54, 1.807) is 0 Å². The van der Waals surface area contributed by atoms with Crippen molar-refractivity contribution in [1.29, 1.82) is 0 Å². The molecule has 21 heavy (non-hydrogen) atoms. The second-order valence-electron chi connectivity index (χ2n) is 5.54. The fourth-order valence-electron chi connectivity index (χ4n) is 3.23. The molecular weight excluding hydrogens is 395 g/mol. The van der Waals surface area contributed by atoms with Gasteiger partial charge in [0.25, 0.3) is 0 Å². The Kier molecular flexibility index (Phi) is 3.32. The van der Waals surface area contributed by atoms with E-state index in [0.717, 1.165) is 5.02 Å². The van der Waals surface area contributed by atoms with Crippen LogP contribution in [0.5, 0.6) is 0 Å². The van der Waals surface area contributed by atoms with Gasteiger partial charge in [-0.1, -0.05) is 35.9 Å². The molecule has 0 N–H and O–H groups in total. The fourth-order valence-corrected chi connectivity index (χ4v) is 3.71. The predicted molar refractivity (Wildman–Crippen MR) is 95.0 cm³/mol. The Morgan fingerprint density at radius 2 is 1.67 bits per heavy atom. The van der Waals surface area contributed by atoms with Gasteiger partial charge in [-0.2, -0.15) is 0 Å². The molecule has 2 aliphatic rings. The smallest absolute Gasteiger partial charge is 0.101 e. The molecule has 4 heteroatoms. The van der Waals surface area contributed by atoms with Crippen LogP contribution in [0.2, 0.25) is 5.02 Å². The topological polar surface area (TPSA) is 15.4 Å². The van der Waals surface area contributed by atoms with Crippen LogP contribution in [-0.2, 0) is 0 Å². The van der Waals surface area contributed by atoms with Crippen LogP contribution in [0, 0.1) is 3.57 Å². The lowest BCUT2D eigenvalue weighted by Crippen LogP contribution is -2.09. The SMILES string of the molecule is C[C@@H]1N=C(c2ccc(I)cc2)[C@H]2[C@@H](c3ccc(Cl)cc3)N12. The van der Waals surface area contributed by atoms with Crippen molar-refractivity contribution in [3.8, 4) is 0 Å². The molecule has 106 valence electrons. The van der Waals surface area contributed by atoms with Gasteiger partial charge < -0.3 is 0 Å². The molecule has 0 aliphatic carbocycles. The molecule has 4 rings (SSSR count). The van der Waals surface area contributed by atoms with Crippen molar-refractivity contribution in [2.24, 2.45) is 4.99 Å². The second kappa shape index (κ2) is 5.07. The van der Waals surface area contributed by atoms with E-state index in [9.17, 15) is 0 Å². The molecule has 2 nitrogen and oxygen atoms in total. The van der Waals surface area contributed by atoms with Crippen LogP contribution >= 0.6 is 34.2 Å². The van der Waals surface area contributed by atoms with Gasteiger partial charge in [0, 0.05) is 8.59 Å². The van der Waals surface area contributed by atoms with Crippen LogP contribution in [-0.4, -0.2) is 22.8 Å². The van der Waals surface area contributed by atoms with Gasteiger partial charge >= 0.3 is 0 Å². The summed E-state index contributed by atoms with van der Waals surface area (Å²) in [5, 5.41) is 0.791. The first-order chi connectivity index (χ1) is 10.1. The molecular formula is C17H14ClIN2. The molecule has 0 aromatic heterocycles. The normalized spacial score (nSPS) is 30.0. The van der Waals surface area contributed by atoms with Crippen molar-refractivity contribution in [2.75, 3.05) is 0 Å². The maximum absolute atomic E-state index is 5.99. The molecule has 2 aliphatic heterocycles. The van der Waals surface area contributed by atoms with Gasteiger partial charge in [0.05, 0.1) is 17.8 Å². The maximum Gasteiger partial charge on any atom is 0.101 e. The first-order valence-electron chi connectivity index (χ1n) is 7.02. The average Bonchev–Trinajstić information content (AvgIpc) is 3.13. The summed E-state index contributed by atoms with van der Waals surface area (Å²) in [6.45, 7) is 2.17. The van der Waals surface area contributed by atoms with Crippen molar-refractivity contribution < 1.29 is 0 Å². The predicted octanol–water partition coefficient (Wildman–Crippen LogP) is 4.52. The van der Waals surface area contributed by atoms with Crippen LogP contribution in [0.3, 0.4) is 0 Å². The van der Waals surface area contributed by atoms with Gasteiger partial charge in [0.1, 0.15) is 6.17 Å². The lowest BCUT2D eigenvalue weighted by atomic mass is 10.0. The molecule has 1 unspecified atom stereocenters. The minimum atomic E-state index is 0.255. The number of benzene rings is 2. The number of hydrogen-bond acceptors (Lipinski definition) is 2. The molecule has 2 heterocycles. The van der Waals surface area contributed by atoms with E-state index in [2.05, 4.69) is 70.8 Å². The highest BCUT2D eigenvalue weighted by atomic mass is 127. The van der Waals surface area contributed by atoms with Crippen molar-refractivity contribution in [3.05, 3.63) is 68.3 Å². The summed E-state index contributed by atoms with van der Waals surface area (Å²) in [5.41, 5.74) is 3.79. The third kappa shape index (κ3) is 2.31. The van der Waals surface area contributed by atoms with Crippen LogP contribution in [0.15, 0.2) is 53.5 Å². The number of fused-ring (bicyclic) bond motifs is 1. The van der Waals surface area contributed by atoms with E-state index < -0.39 is 0 Å². The Bertz CT molecular complexity index is 709. The zero-order valence-corrected chi connectivity index (χ0v) is 14.4. The Labute approximate surface area is 143 Å². The van der Waals surface area contributed by atoms with Crippen molar-refractivity contribution in [2.45, 2.75) is 25.2 Å². The van der Waals surface area contributed by atoms with Gasteiger partial charge in [0.2, 0.25) is 0 Å². The number of aliphatic imine (C=N–C) groups is 1. The Morgan fingerprint density at radius 3 is 2.33 bits per heavy atom. The molecule has 4 atom stereocenters. The summed E-state index contributed by atoms with van der Waals surface area (Å²) in [5.74, 6) is 0. The summed E-state index contributed by atoms with van der Waals surface area (Å²) in [7, 11) is 0. The van der Waals surface area contributed by atoms with Crippen LogP contribution in [0.25, 0.3) is 0 Å². The molecule has 1 saturated heterocycles. The number of nitrogens with zero attached hydrogens (tertiary/aromatic N) is 2. The molecule has 0 spiro atoms. The second-order valence-corrected chi connectivity index (χ2v) is 7.22. The molecule has 2 aromatic carbocycles. The Balaban J connectivity index is 1.65. The van der Waals surface area contributed by atoms with Gasteiger partial charge in [-0.15, -0.1) is 0 Å². The van der Waals surface area contributed by atoms with E-state index in [4.69, 9.17) is 16.6 Å². The first-order valence-corrected chi connectivity index (χ1v) is 8.47. The lowest BCUT2D eigenvalue weighted by Gasteiger charge is -2.09. The summed E-state index contributed by atoms with van der Waals surface area (Å²) < 4.78 is 1.25. The number of hydrogen-bond donors (Lipinski definition) is 0. The molecule has 0 saturated carbocycles. The van der Waals surface area contributed by atoms with Gasteiger partial charge in [-0.05, 0) is 64.9 Å². The summed E-state index contributed by atoms with van der Waals surface area (Å²) in [6, 6.07) is 17.7. The third-order valence-electron chi connectivity index (χ3n) is 4.24. The van der Waals surface area contributed by atoms with Crippen molar-refractivity contribution in [3.63, 3.8) is 0 Å². The van der Waals surface area contributed by atoms with Crippen LogP contribution in [0.1, 0.15) is 24.1 Å². The van der Waals surface area contributed by atoms with E-state index in [1.807, 2.05) is 12.1 Å². The first kappa shape index (κ1) is 13.7. The Morgan fingerprint density at radius 1 is 1.00 bits per heavy atom. The minimum absolute atomic E-state index is 0.255. The largest absolute Gasteiger partial charge is 0.269 e. The third-order valence-corrected chi connectivity index (χ3v) is 5.21. The molecule has 0 bridgehead atoms. The van der Waals surface area contributed by atoms with E-state index in [-0.39, 0.29) is 6.17 Å². The highest BCUT2D eigenvalue weighted by molar-refractivity contribution is 14.1. The average molecular weight is 409 g/mol. The van der Waals surface area contributed by atoms with Gasteiger partial charge in [0.15, 0.2) is 0 Å². The quantitative estimate of drug-likeness (QED) is 0.527. The fraction of sp³-hybridized carbons (Fsp3) is 0.235. The van der Waals surface area contributed by atoms with Crippen LogP contribution in [0.4, 0.5) is 0 Å². The van der Waals surface area contributed by atoms with Crippen molar-refractivity contribution in [1.82, 2.24) is 4.90 Å². The van der Waals surface area contributed by atoms with Gasteiger partial charge in [-0.25, -0.2) is 0 Å². The zero-order valence-electron chi connectivity index (χ0n) is 11.5. The molecule has 0 radical (unpaired) electrons. The van der Waals surface area contributed by atoms with Crippen molar-refractivity contribution >= 4 is 39.9 Å². The van der Waals surface area contributed by atoms with E-state index in [1.165, 1.54) is 20.4 Å². The monoisotopic (exact) mass is 408 g/mol. The highest BCUT2D eigenvalue weighted by Crippen LogP contribution is 2.50.